The van der Waals surface area contributed by atoms with Gasteiger partial charge in [-0.05, 0) is 0 Å². The average Bonchev–Trinajstić information content (AvgIpc) is 2.48. The first-order valence-corrected chi connectivity index (χ1v) is 4.53. The van der Waals surface area contributed by atoms with Gasteiger partial charge in [-0.2, -0.15) is 12.6 Å². The summed E-state index contributed by atoms with van der Waals surface area (Å²) in [6.07, 6.45) is 0. The molecule has 12 heavy (non-hydrogen) atoms. The van der Waals surface area contributed by atoms with Gasteiger partial charge in [-0.1, -0.05) is 11.8 Å². The second-order valence-corrected chi connectivity index (χ2v) is 2.97. The summed E-state index contributed by atoms with van der Waals surface area (Å²) in [7, 11) is 0. The van der Waals surface area contributed by atoms with Crippen molar-refractivity contribution in [2.75, 3.05) is 5.75 Å². The molecule has 0 radical (unpaired) electrons. The van der Waals surface area contributed by atoms with Crippen LogP contribution < -0.4 is 0 Å². The Morgan fingerprint density at radius 1 is 1.83 bits per heavy atom. The van der Waals surface area contributed by atoms with Crippen molar-refractivity contribution in [2.45, 2.75) is 0 Å². The number of thiazole rings is 1. The first-order valence-electron chi connectivity index (χ1n) is 3.02. The molecule has 1 heterocycles. The van der Waals surface area contributed by atoms with Gasteiger partial charge in [0.1, 0.15) is 4.88 Å². The van der Waals surface area contributed by atoms with Crippen molar-refractivity contribution >= 4 is 29.9 Å². The lowest BCUT2D eigenvalue weighted by Gasteiger charge is -1.85. The first kappa shape index (κ1) is 9.10. The molecule has 0 aliphatic rings. The van der Waals surface area contributed by atoms with E-state index in [0.29, 0.717) is 10.6 Å². The van der Waals surface area contributed by atoms with Gasteiger partial charge in [0, 0.05) is 0 Å². The van der Waals surface area contributed by atoms with Crippen molar-refractivity contribution in [3.8, 4) is 11.8 Å². The second-order valence-electron chi connectivity index (χ2n) is 1.80. The maximum atomic E-state index is 10.5. The summed E-state index contributed by atoms with van der Waals surface area (Å²) in [5, 5.41) is 8.61. The van der Waals surface area contributed by atoms with Crippen molar-refractivity contribution < 1.29 is 9.90 Å². The van der Waals surface area contributed by atoms with Crippen molar-refractivity contribution in [2.24, 2.45) is 0 Å². The van der Waals surface area contributed by atoms with Crippen LogP contribution in [0.3, 0.4) is 0 Å². The molecule has 1 N–H and O–H groups in total. The Morgan fingerprint density at radius 3 is 3.17 bits per heavy atom. The van der Waals surface area contributed by atoms with E-state index in [4.69, 9.17) is 5.11 Å². The number of hydrogen-bond acceptors (Lipinski definition) is 4. The number of aromatic carboxylic acids is 1. The van der Waals surface area contributed by atoms with E-state index in [-0.39, 0.29) is 5.69 Å². The summed E-state index contributed by atoms with van der Waals surface area (Å²) < 4.78 is 0. The van der Waals surface area contributed by atoms with Crippen molar-refractivity contribution in [3.05, 3.63) is 16.1 Å². The Balaban J connectivity index is 2.99. The van der Waals surface area contributed by atoms with Crippen molar-refractivity contribution in [3.63, 3.8) is 0 Å². The fourth-order valence-electron chi connectivity index (χ4n) is 0.607. The molecule has 0 spiro atoms. The van der Waals surface area contributed by atoms with Crippen LogP contribution in [-0.2, 0) is 0 Å². The third-order valence-corrected chi connectivity index (χ3v) is 1.95. The lowest BCUT2D eigenvalue weighted by molar-refractivity contribution is 0.0691. The van der Waals surface area contributed by atoms with Crippen molar-refractivity contribution in [1.29, 1.82) is 0 Å². The average molecular weight is 199 g/mol. The summed E-state index contributed by atoms with van der Waals surface area (Å²) in [4.78, 5) is 14.6. The van der Waals surface area contributed by atoms with Crippen LogP contribution in [0.15, 0.2) is 5.51 Å². The zero-order chi connectivity index (χ0) is 8.97. The molecule has 1 aromatic heterocycles. The molecule has 0 aromatic carbocycles. The van der Waals surface area contributed by atoms with Gasteiger partial charge in [-0.25, -0.2) is 9.78 Å². The lowest BCUT2D eigenvalue weighted by atomic mass is 10.3. The molecule has 0 amide bonds. The van der Waals surface area contributed by atoms with E-state index in [0.717, 1.165) is 0 Å². The summed E-state index contributed by atoms with van der Waals surface area (Å²) >= 11 is 5.10. The fraction of sp³-hybridized carbons (Fsp3) is 0.143. The van der Waals surface area contributed by atoms with Crippen molar-refractivity contribution in [1.82, 2.24) is 4.98 Å². The number of nitrogens with zero attached hydrogens (tertiary/aromatic N) is 1. The fourth-order valence-corrected chi connectivity index (χ4v) is 1.33. The molecule has 1 aromatic rings. The van der Waals surface area contributed by atoms with Gasteiger partial charge in [-0.3, -0.25) is 0 Å². The van der Waals surface area contributed by atoms with Crippen LogP contribution in [0, 0.1) is 11.8 Å². The van der Waals surface area contributed by atoms with E-state index in [1.165, 1.54) is 16.8 Å². The SMILES string of the molecule is O=C(O)c1ncsc1C#CCS. The number of carbonyl (C=O) groups is 1. The monoisotopic (exact) mass is 199 g/mol. The van der Waals surface area contributed by atoms with Crippen LogP contribution in [0.25, 0.3) is 0 Å². The molecule has 0 fully saturated rings. The molecule has 0 aliphatic heterocycles. The summed E-state index contributed by atoms with van der Waals surface area (Å²) in [6.45, 7) is 0. The first-order chi connectivity index (χ1) is 5.75. The third-order valence-electron chi connectivity index (χ3n) is 1.05. The minimum atomic E-state index is -1.04. The molecule has 0 unspecified atom stereocenters. The zero-order valence-electron chi connectivity index (χ0n) is 5.94. The molecule has 0 saturated carbocycles. The second kappa shape index (κ2) is 4.14. The Kier molecular flexibility index (Phi) is 3.14. The minimum Gasteiger partial charge on any atom is -0.476 e. The van der Waals surface area contributed by atoms with Gasteiger partial charge in [-0.15, -0.1) is 11.3 Å². The molecule has 1 rings (SSSR count). The van der Waals surface area contributed by atoms with Crippen LogP contribution in [0.2, 0.25) is 0 Å². The Morgan fingerprint density at radius 2 is 2.58 bits per heavy atom. The van der Waals surface area contributed by atoms with E-state index in [1.807, 2.05) is 0 Å². The molecule has 5 heteroatoms. The number of rotatable bonds is 1. The number of hydrogen-bond donors (Lipinski definition) is 2. The molecule has 62 valence electrons. The molecule has 0 atom stereocenters. The highest BCUT2D eigenvalue weighted by molar-refractivity contribution is 7.80. The topological polar surface area (TPSA) is 50.2 Å². The number of carboxylic acid groups (broad SMARTS) is 1. The van der Waals surface area contributed by atoms with Crippen LogP contribution in [-0.4, -0.2) is 21.8 Å². The molecule has 0 saturated heterocycles. The smallest absolute Gasteiger partial charge is 0.356 e. The van der Waals surface area contributed by atoms with E-state index >= 15 is 0 Å². The minimum absolute atomic E-state index is 0.0225. The van der Waals surface area contributed by atoms with E-state index in [2.05, 4.69) is 29.5 Å². The normalized spacial score (nSPS) is 8.75. The number of aromatic nitrogens is 1. The van der Waals surface area contributed by atoms with Gasteiger partial charge in [0.15, 0.2) is 5.69 Å². The summed E-state index contributed by atoms with van der Waals surface area (Å²) in [5.74, 6) is 4.71. The maximum absolute atomic E-state index is 10.5. The molecule has 3 nitrogen and oxygen atoms in total. The van der Waals surface area contributed by atoms with E-state index in [1.54, 1.807) is 0 Å². The van der Waals surface area contributed by atoms with Gasteiger partial charge in [0.25, 0.3) is 0 Å². The van der Waals surface area contributed by atoms with Crippen LogP contribution in [0.1, 0.15) is 15.4 Å². The predicted octanol–water partition coefficient (Wildman–Crippen LogP) is 1.12. The Hall–Kier alpha value is -0.990. The Labute approximate surface area is 78.9 Å². The summed E-state index contributed by atoms with van der Waals surface area (Å²) in [5.41, 5.74) is 1.49. The highest BCUT2D eigenvalue weighted by Crippen LogP contribution is 2.11. The number of thiol groups is 1. The highest BCUT2D eigenvalue weighted by Gasteiger charge is 2.10. The largest absolute Gasteiger partial charge is 0.476 e. The predicted molar refractivity (Wildman–Crippen MR) is 49.8 cm³/mol. The van der Waals surface area contributed by atoms with Gasteiger partial charge in [0.2, 0.25) is 0 Å². The van der Waals surface area contributed by atoms with E-state index in [9.17, 15) is 4.79 Å². The standard InChI is InChI=1S/C7H5NO2S2/c9-7(10)6-5(2-1-3-11)12-4-8-6/h4,11H,3H2,(H,9,10). The third kappa shape index (κ3) is 2.00. The van der Waals surface area contributed by atoms with E-state index < -0.39 is 5.97 Å². The van der Waals surface area contributed by atoms with Gasteiger partial charge < -0.3 is 5.11 Å². The lowest BCUT2D eigenvalue weighted by Crippen LogP contribution is -1.98. The zero-order valence-corrected chi connectivity index (χ0v) is 7.65. The highest BCUT2D eigenvalue weighted by atomic mass is 32.1. The quantitative estimate of drug-likeness (QED) is 0.526. The molecular weight excluding hydrogens is 194 g/mol. The molecule has 0 bridgehead atoms. The number of carboxylic acids is 1. The van der Waals surface area contributed by atoms with Crippen LogP contribution >= 0.6 is 24.0 Å². The maximum Gasteiger partial charge on any atom is 0.356 e. The Bertz CT molecular complexity index is 348. The van der Waals surface area contributed by atoms with Gasteiger partial charge >= 0.3 is 5.97 Å². The summed E-state index contributed by atoms with van der Waals surface area (Å²) in [6, 6.07) is 0. The van der Waals surface area contributed by atoms with Gasteiger partial charge in [0.05, 0.1) is 11.3 Å². The van der Waals surface area contributed by atoms with Crippen LogP contribution in [0.4, 0.5) is 0 Å². The molecular formula is C7H5NO2S2. The molecule has 0 aliphatic carbocycles. The van der Waals surface area contributed by atoms with Crippen LogP contribution in [0.5, 0.6) is 0 Å².